The van der Waals surface area contributed by atoms with E-state index in [9.17, 15) is 8.42 Å². The third-order valence-corrected chi connectivity index (χ3v) is 5.05. The van der Waals surface area contributed by atoms with Gasteiger partial charge in [-0.3, -0.25) is 4.31 Å². The molecule has 0 amide bonds. The summed E-state index contributed by atoms with van der Waals surface area (Å²) in [4.78, 5) is 0. The summed E-state index contributed by atoms with van der Waals surface area (Å²) >= 11 is 0. The Kier molecular flexibility index (Phi) is 4.24. The predicted octanol–water partition coefficient (Wildman–Crippen LogP) is 1.58. The number of nitrogens with zero attached hydrogens (tertiary/aromatic N) is 1. The van der Waals surface area contributed by atoms with Gasteiger partial charge in [0, 0.05) is 6.54 Å². The van der Waals surface area contributed by atoms with Crippen LogP contribution in [0, 0.1) is 5.92 Å². The molecule has 2 rings (SSSR count). The lowest BCUT2D eigenvalue weighted by molar-refractivity contribution is 0.585. The Hall–Kier alpha value is -1.07. The van der Waals surface area contributed by atoms with Crippen molar-refractivity contribution in [3.05, 3.63) is 30.3 Å². The van der Waals surface area contributed by atoms with Gasteiger partial charge in [0.05, 0.1) is 11.4 Å². The van der Waals surface area contributed by atoms with Gasteiger partial charge in [-0.2, -0.15) is 0 Å². The number of sulfonamides is 1. The van der Waals surface area contributed by atoms with E-state index in [0.29, 0.717) is 25.4 Å². The number of benzene rings is 1. The van der Waals surface area contributed by atoms with Crippen LogP contribution in [-0.2, 0) is 10.0 Å². The molecule has 4 nitrogen and oxygen atoms in total. The van der Waals surface area contributed by atoms with Crippen molar-refractivity contribution in [2.45, 2.75) is 19.3 Å². The van der Waals surface area contributed by atoms with E-state index in [0.717, 1.165) is 18.5 Å². The first-order valence-electron chi connectivity index (χ1n) is 6.39. The van der Waals surface area contributed by atoms with Crippen molar-refractivity contribution >= 4 is 15.7 Å². The number of hydrogen-bond donors (Lipinski definition) is 1. The van der Waals surface area contributed by atoms with Crippen molar-refractivity contribution in [1.82, 2.24) is 0 Å². The molecule has 1 fully saturated rings. The van der Waals surface area contributed by atoms with Crippen molar-refractivity contribution in [2.75, 3.05) is 23.1 Å². The molecule has 0 aromatic heterocycles. The fraction of sp³-hybridized carbons (Fsp3) is 0.538. The zero-order chi connectivity index (χ0) is 13.0. The molecule has 2 N–H and O–H groups in total. The second kappa shape index (κ2) is 5.71. The first kappa shape index (κ1) is 13.4. The molecule has 5 heteroatoms. The molecule has 18 heavy (non-hydrogen) atoms. The highest BCUT2D eigenvalue weighted by Crippen LogP contribution is 2.32. The highest BCUT2D eigenvalue weighted by molar-refractivity contribution is 7.92. The van der Waals surface area contributed by atoms with E-state index in [-0.39, 0.29) is 5.75 Å². The maximum absolute atomic E-state index is 12.4. The lowest BCUT2D eigenvalue weighted by atomic mass is 10.3. The number of rotatable bonds is 7. The minimum atomic E-state index is -3.21. The van der Waals surface area contributed by atoms with Crippen LogP contribution in [0.1, 0.15) is 19.3 Å². The van der Waals surface area contributed by atoms with Gasteiger partial charge in [0.15, 0.2) is 0 Å². The summed E-state index contributed by atoms with van der Waals surface area (Å²) in [5, 5.41) is 0. The van der Waals surface area contributed by atoms with Gasteiger partial charge < -0.3 is 5.73 Å². The summed E-state index contributed by atoms with van der Waals surface area (Å²) in [6, 6.07) is 9.27. The number of anilines is 1. The molecule has 0 spiro atoms. The fourth-order valence-electron chi connectivity index (χ4n) is 1.93. The summed E-state index contributed by atoms with van der Waals surface area (Å²) in [7, 11) is -3.21. The Labute approximate surface area is 109 Å². The molecule has 0 atom stereocenters. The smallest absolute Gasteiger partial charge is 0.235 e. The lowest BCUT2D eigenvalue weighted by Crippen LogP contribution is -2.35. The van der Waals surface area contributed by atoms with Crippen LogP contribution >= 0.6 is 0 Å². The Bertz CT molecular complexity index is 469. The summed E-state index contributed by atoms with van der Waals surface area (Å²) in [6.07, 6.45) is 2.76. The zero-order valence-corrected chi connectivity index (χ0v) is 11.3. The summed E-state index contributed by atoms with van der Waals surface area (Å²) in [5.41, 5.74) is 6.23. The second-order valence-corrected chi connectivity index (χ2v) is 6.71. The minimum Gasteiger partial charge on any atom is -0.330 e. The summed E-state index contributed by atoms with van der Waals surface area (Å²) in [6.45, 7) is 0.970. The van der Waals surface area contributed by atoms with Crippen LogP contribution in [0.25, 0.3) is 0 Å². The van der Waals surface area contributed by atoms with Crippen LogP contribution in [0.5, 0.6) is 0 Å². The van der Waals surface area contributed by atoms with E-state index >= 15 is 0 Å². The fourth-order valence-corrected chi connectivity index (χ4v) is 3.89. The molecular formula is C13H20N2O2S. The average molecular weight is 268 g/mol. The van der Waals surface area contributed by atoms with Gasteiger partial charge in [-0.15, -0.1) is 0 Å². The van der Waals surface area contributed by atoms with Crippen molar-refractivity contribution < 1.29 is 8.42 Å². The Morgan fingerprint density at radius 3 is 2.44 bits per heavy atom. The molecule has 0 unspecified atom stereocenters. The molecular weight excluding hydrogens is 248 g/mol. The monoisotopic (exact) mass is 268 g/mol. The molecule has 0 heterocycles. The van der Waals surface area contributed by atoms with Crippen molar-refractivity contribution in [1.29, 1.82) is 0 Å². The third kappa shape index (κ3) is 3.46. The van der Waals surface area contributed by atoms with Gasteiger partial charge >= 0.3 is 0 Å². The minimum absolute atomic E-state index is 0.270. The van der Waals surface area contributed by atoms with Gasteiger partial charge in [0.1, 0.15) is 0 Å². The van der Waals surface area contributed by atoms with Crippen molar-refractivity contribution in [2.24, 2.45) is 11.7 Å². The van der Waals surface area contributed by atoms with Gasteiger partial charge in [-0.25, -0.2) is 8.42 Å². The highest BCUT2D eigenvalue weighted by atomic mass is 32.2. The predicted molar refractivity (Wildman–Crippen MR) is 74.0 cm³/mol. The first-order valence-corrected chi connectivity index (χ1v) is 8.00. The van der Waals surface area contributed by atoms with E-state index in [1.807, 2.05) is 30.3 Å². The molecule has 1 aromatic rings. The largest absolute Gasteiger partial charge is 0.330 e. The quantitative estimate of drug-likeness (QED) is 0.816. The van der Waals surface area contributed by atoms with Crippen LogP contribution < -0.4 is 10.0 Å². The molecule has 0 saturated heterocycles. The molecule has 0 radical (unpaired) electrons. The Morgan fingerprint density at radius 2 is 1.89 bits per heavy atom. The molecule has 1 aliphatic carbocycles. The van der Waals surface area contributed by atoms with Crippen molar-refractivity contribution in [3.63, 3.8) is 0 Å². The van der Waals surface area contributed by atoms with E-state index in [2.05, 4.69) is 0 Å². The van der Waals surface area contributed by atoms with Crippen LogP contribution in [-0.4, -0.2) is 27.3 Å². The van der Waals surface area contributed by atoms with E-state index in [1.54, 1.807) is 0 Å². The number of hydrogen-bond acceptors (Lipinski definition) is 3. The normalized spacial score (nSPS) is 15.6. The van der Waals surface area contributed by atoms with Gasteiger partial charge in [0.2, 0.25) is 10.0 Å². The topological polar surface area (TPSA) is 63.4 Å². The van der Waals surface area contributed by atoms with Crippen LogP contribution in [0.15, 0.2) is 30.3 Å². The Morgan fingerprint density at radius 1 is 1.22 bits per heavy atom. The molecule has 0 bridgehead atoms. The van der Waals surface area contributed by atoms with E-state index < -0.39 is 10.0 Å². The Balaban J connectivity index is 2.18. The first-order chi connectivity index (χ1) is 8.63. The average Bonchev–Trinajstić information content (AvgIpc) is 3.14. The zero-order valence-electron chi connectivity index (χ0n) is 10.5. The second-order valence-electron chi connectivity index (χ2n) is 4.77. The molecule has 1 saturated carbocycles. The van der Waals surface area contributed by atoms with Crippen LogP contribution in [0.2, 0.25) is 0 Å². The van der Waals surface area contributed by atoms with E-state index in [4.69, 9.17) is 5.73 Å². The third-order valence-electron chi connectivity index (χ3n) is 3.09. The number of nitrogens with two attached hydrogens (primary N) is 1. The summed E-state index contributed by atoms with van der Waals surface area (Å²) in [5.74, 6) is 0.631. The molecule has 1 aliphatic rings. The van der Waals surface area contributed by atoms with Crippen molar-refractivity contribution in [3.8, 4) is 0 Å². The van der Waals surface area contributed by atoms with Gasteiger partial charge in [-0.05, 0) is 43.9 Å². The maximum atomic E-state index is 12.4. The molecule has 1 aromatic carbocycles. The van der Waals surface area contributed by atoms with E-state index in [1.165, 1.54) is 4.31 Å². The molecule has 100 valence electrons. The van der Waals surface area contributed by atoms with Gasteiger partial charge in [0.25, 0.3) is 0 Å². The van der Waals surface area contributed by atoms with Gasteiger partial charge in [-0.1, -0.05) is 18.2 Å². The number of para-hydroxylation sites is 1. The van der Waals surface area contributed by atoms with Crippen LogP contribution in [0.4, 0.5) is 5.69 Å². The standard InChI is InChI=1S/C13H20N2O2S/c14-9-4-10-15(13-5-2-1-3-6-13)18(16,17)11-12-7-8-12/h1-3,5-6,12H,4,7-11,14H2. The lowest BCUT2D eigenvalue weighted by Gasteiger charge is -2.24. The highest BCUT2D eigenvalue weighted by Gasteiger charge is 2.31. The summed E-state index contributed by atoms with van der Waals surface area (Å²) < 4.78 is 26.3. The maximum Gasteiger partial charge on any atom is 0.235 e. The molecule has 0 aliphatic heterocycles. The SMILES string of the molecule is NCCCN(c1ccccc1)S(=O)(=O)CC1CC1. The van der Waals surface area contributed by atoms with Crippen LogP contribution in [0.3, 0.4) is 0 Å².